The minimum Gasteiger partial charge on any atom is -0.360 e. The Kier molecular flexibility index (Phi) is 3.78. The van der Waals surface area contributed by atoms with Gasteiger partial charge in [-0.2, -0.15) is 5.10 Å². The summed E-state index contributed by atoms with van der Waals surface area (Å²) in [6.07, 6.45) is 1.58. The SMILES string of the molecule is CCn1ncnc1[C@@H](C)Nc1nc(C)nc(C)c1C. The molecule has 0 amide bonds. The van der Waals surface area contributed by atoms with Crippen LogP contribution in [0.15, 0.2) is 6.33 Å². The first kappa shape index (κ1) is 13.5. The third-order valence-electron chi connectivity index (χ3n) is 3.19. The Bertz CT molecular complexity index is 575. The maximum atomic E-state index is 4.46. The highest BCUT2D eigenvalue weighted by Gasteiger charge is 2.15. The summed E-state index contributed by atoms with van der Waals surface area (Å²) in [6.45, 7) is 10.8. The van der Waals surface area contributed by atoms with Gasteiger partial charge in [0.15, 0.2) is 0 Å². The number of aryl methyl sites for hydroxylation is 3. The second-order valence-electron chi connectivity index (χ2n) is 4.63. The van der Waals surface area contributed by atoms with Crippen molar-refractivity contribution in [1.29, 1.82) is 0 Å². The molecule has 1 N–H and O–H groups in total. The summed E-state index contributed by atoms with van der Waals surface area (Å²) in [5.74, 6) is 2.55. The molecule has 0 bridgehead atoms. The van der Waals surface area contributed by atoms with E-state index in [-0.39, 0.29) is 6.04 Å². The molecule has 0 spiro atoms. The predicted octanol–water partition coefficient (Wildman–Crippen LogP) is 2.19. The highest BCUT2D eigenvalue weighted by atomic mass is 15.3. The predicted molar refractivity (Wildman–Crippen MR) is 74.0 cm³/mol. The highest BCUT2D eigenvalue weighted by molar-refractivity contribution is 5.46. The Morgan fingerprint density at radius 3 is 2.68 bits per heavy atom. The van der Waals surface area contributed by atoms with E-state index in [2.05, 4.69) is 39.2 Å². The lowest BCUT2D eigenvalue weighted by atomic mass is 10.2. The third-order valence-corrected chi connectivity index (χ3v) is 3.19. The molecule has 0 aromatic carbocycles. The summed E-state index contributed by atoms with van der Waals surface area (Å²) in [7, 11) is 0. The fourth-order valence-electron chi connectivity index (χ4n) is 2.03. The lowest BCUT2D eigenvalue weighted by molar-refractivity contribution is 0.592. The average molecular weight is 260 g/mol. The molecule has 0 aliphatic heterocycles. The summed E-state index contributed by atoms with van der Waals surface area (Å²) >= 11 is 0. The lowest BCUT2D eigenvalue weighted by Gasteiger charge is -2.17. The Balaban J connectivity index is 2.26. The van der Waals surface area contributed by atoms with Gasteiger partial charge in [0.2, 0.25) is 0 Å². The first-order chi connectivity index (χ1) is 9.02. The van der Waals surface area contributed by atoms with Crippen LogP contribution in [0.4, 0.5) is 5.82 Å². The van der Waals surface area contributed by atoms with E-state index >= 15 is 0 Å². The quantitative estimate of drug-likeness (QED) is 0.912. The summed E-state index contributed by atoms with van der Waals surface area (Å²) in [5.41, 5.74) is 2.07. The maximum Gasteiger partial charge on any atom is 0.149 e. The first-order valence-corrected chi connectivity index (χ1v) is 6.49. The zero-order valence-electron chi connectivity index (χ0n) is 12.1. The van der Waals surface area contributed by atoms with E-state index < -0.39 is 0 Å². The Labute approximate surface area is 113 Å². The van der Waals surface area contributed by atoms with Crippen molar-refractivity contribution >= 4 is 5.82 Å². The van der Waals surface area contributed by atoms with Crippen molar-refractivity contribution in [2.75, 3.05) is 5.32 Å². The monoisotopic (exact) mass is 260 g/mol. The topological polar surface area (TPSA) is 68.5 Å². The minimum atomic E-state index is 0.0508. The Hall–Kier alpha value is -1.98. The molecule has 0 aliphatic rings. The Morgan fingerprint density at radius 1 is 1.26 bits per heavy atom. The van der Waals surface area contributed by atoms with Crippen molar-refractivity contribution < 1.29 is 0 Å². The first-order valence-electron chi connectivity index (χ1n) is 6.49. The molecule has 0 unspecified atom stereocenters. The van der Waals surface area contributed by atoms with Crippen LogP contribution in [0.25, 0.3) is 0 Å². The zero-order valence-corrected chi connectivity index (χ0v) is 12.1. The molecule has 0 radical (unpaired) electrons. The molecule has 0 saturated carbocycles. The van der Waals surface area contributed by atoms with Gasteiger partial charge < -0.3 is 5.32 Å². The van der Waals surface area contributed by atoms with Gasteiger partial charge in [0.1, 0.15) is 23.8 Å². The van der Waals surface area contributed by atoms with Gasteiger partial charge >= 0.3 is 0 Å². The van der Waals surface area contributed by atoms with E-state index in [1.165, 1.54) is 0 Å². The van der Waals surface area contributed by atoms with Crippen molar-refractivity contribution in [2.45, 2.75) is 47.2 Å². The fourth-order valence-corrected chi connectivity index (χ4v) is 2.03. The zero-order chi connectivity index (χ0) is 14.0. The van der Waals surface area contributed by atoms with Crippen molar-refractivity contribution in [3.05, 3.63) is 29.2 Å². The molecule has 6 nitrogen and oxygen atoms in total. The summed E-state index contributed by atoms with van der Waals surface area (Å²) in [6, 6.07) is 0.0508. The van der Waals surface area contributed by atoms with Crippen LogP contribution in [0.3, 0.4) is 0 Å². The average Bonchev–Trinajstić information content (AvgIpc) is 2.83. The number of hydrogen-bond donors (Lipinski definition) is 1. The van der Waals surface area contributed by atoms with Gasteiger partial charge in [0.05, 0.1) is 6.04 Å². The van der Waals surface area contributed by atoms with Crippen LogP contribution in [0.1, 0.15) is 42.8 Å². The van der Waals surface area contributed by atoms with Gasteiger partial charge in [0.25, 0.3) is 0 Å². The molecule has 0 fully saturated rings. The molecule has 2 rings (SSSR count). The molecule has 102 valence electrons. The molecular weight excluding hydrogens is 240 g/mol. The van der Waals surface area contributed by atoms with E-state index in [0.29, 0.717) is 0 Å². The van der Waals surface area contributed by atoms with Gasteiger partial charge in [-0.05, 0) is 34.6 Å². The summed E-state index contributed by atoms with van der Waals surface area (Å²) < 4.78 is 1.88. The number of anilines is 1. The van der Waals surface area contributed by atoms with E-state index in [9.17, 15) is 0 Å². The third kappa shape index (κ3) is 2.72. The van der Waals surface area contributed by atoms with Gasteiger partial charge in [-0.3, -0.25) is 0 Å². The smallest absolute Gasteiger partial charge is 0.149 e. The van der Waals surface area contributed by atoms with Crippen molar-refractivity contribution in [2.24, 2.45) is 0 Å². The number of nitrogens with one attached hydrogen (secondary N) is 1. The van der Waals surface area contributed by atoms with Crippen LogP contribution in [-0.4, -0.2) is 24.7 Å². The van der Waals surface area contributed by atoms with E-state index in [4.69, 9.17) is 0 Å². The van der Waals surface area contributed by atoms with Crippen molar-refractivity contribution in [1.82, 2.24) is 24.7 Å². The summed E-state index contributed by atoms with van der Waals surface area (Å²) in [4.78, 5) is 13.1. The molecular formula is C13H20N6. The molecule has 0 saturated heterocycles. The molecule has 6 heteroatoms. The standard InChI is InChI=1S/C13H20N6/c1-6-19-13(14-7-15-19)10(4)17-12-8(2)9(3)16-11(5)18-12/h7,10H,6H2,1-5H3,(H,16,17,18)/t10-/m1/s1. The van der Waals surface area contributed by atoms with Crippen LogP contribution in [-0.2, 0) is 6.54 Å². The molecule has 19 heavy (non-hydrogen) atoms. The minimum absolute atomic E-state index is 0.0508. The Morgan fingerprint density at radius 2 is 2.00 bits per heavy atom. The lowest BCUT2D eigenvalue weighted by Crippen LogP contribution is -2.16. The number of rotatable bonds is 4. The second kappa shape index (κ2) is 5.34. The second-order valence-corrected chi connectivity index (χ2v) is 4.63. The maximum absolute atomic E-state index is 4.46. The molecule has 1 atom stereocenters. The van der Waals surface area contributed by atoms with E-state index in [0.717, 1.165) is 35.3 Å². The van der Waals surface area contributed by atoms with Crippen LogP contribution in [0, 0.1) is 20.8 Å². The van der Waals surface area contributed by atoms with Crippen LogP contribution in [0.2, 0.25) is 0 Å². The van der Waals surface area contributed by atoms with Crippen molar-refractivity contribution in [3.63, 3.8) is 0 Å². The van der Waals surface area contributed by atoms with E-state index in [1.54, 1.807) is 6.33 Å². The van der Waals surface area contributed by atoms with Gasteiger partial charge in [-0.1, -0.05) is 0 Å². The fraction of sp³-hybridized carbons (Fsp3) is 0.538. The van der Waals surface area contributed by atoms with Crippen molar-refractivity contribution in [3.8, 4) is 0 Å². The van der Waals surface area contributed by atoms with Gasteiger partial charge in [-0.15, -0.1) is 0 Å². The van der Waals surface area contributed by atoms with Crippen LogP contribution in [0.5, 0.6) is 0 Å². The van der Waals surface area contributed by atoms with E-state index in [1.807, 2.05) is 25.5 Å². The van der Waals surface area contributed by atoms with Crippen LogP contribution >= 0.6 is 0 Å². The number of aromatic nitrogens is 5. The molecule has 2 aromatic rings. The number of hydrogen-bond acceptors (Lipinski definition) is 5. The van der Waals surface area contributed by atoms with Gasteiger partial charge in [0, 0.05) is 17.8 Å². The summed E-state index contributed by atoms with van der Waals surface area (Å²) in [5, 5.41) is 7.58. The molecule has 2 aromatic heterocycles. The molecule has 2 heterocycles. The largest absolute Gasteiger partial charge is 0.360 e. The normalized spacial score (nSPS) is 12.5. The van der Waals surface area contributed by atoms with Gasteiger partial charge in [-0.25, -0.2) is 19.6 Å². The number of nitrogens with zero attached hydrogens (tertiary/aromatic N) is 5. The highest BCUT2D eigenvalue weighted by Crippen LogP contribution is 2.20. The molecule has 0 aliphatic carbocycles. The van der Waals surface area contributed by atoms with Crippen LogP contribution < -0.4 is 5.32 Å².